The molecule has 0 saturated heterocycles. The van der Waals surface area contributed by atoms with Gasteiger partial charge < -0.3 is 13.9 Å². The van der Waals surface area contributed by atoms with Gasteiger partial charge in [-0.1, -0.05) is 6.92 Å². The molecular weight excluding hydrogens is 356 g/mol. The highest BCUT2D eigenvalue weighted by Gasteiger charge is 2.14. The largest absolute Gasteiger partial charge is 0.493 e. The zero-order valence-corrected chi connectivity index (χ0v) is 14.9. The van der Waals surface area contributed by atoms with Gasteiger partial charge in [0.2, 0.25) is 10.5 Å². The van der Waals surface area contributed by atoms with Crippen LogP contribution in [-0.4, -0.2) is 34.2 Å². The first-order chi connectivity index (χ1) is 12.6. The molecule has 0 spiro atoms. The fourth-order valence-corrected chi connectivity index (χ4v) is 2.39. The van der Waals surface area contributed by atoms with Gasteiger partial charge in [-0.15, -0.1) is 0 Å². The molecule has 26 heavy (non-hydrogen) atoms. The number of esters is 1. The lowest BCUT2D eigenvalue weighted by molar-refractivity contribution is 0.0696. The van der Waals surface area contributed by atoms with Gasteiger partial charge in [0, 0.05) is 6.42 Å². The number of nitrogens with zero attached hydrogens (tertiary/aromatic N) is 3. The fraction of sp³-hybridized carbons (Fsp3) is 0.176. The van der Waals surface area contributed by atoms with E-state index in [1.807, 2.05) is 6.92 Å². The van der Waals surface area contributed by atoms with Crippen LogP contribution in [0.2, 0.25) is 0 Å². The van der Waals surface area contributed by atoms with Crippen molar-refractivity contribution in [2.45, 2.75) is 13.3 Å². The molecule has 3 rings (SSSR count). The van der Waals surface area contributed by atoms with Gasteiger partial charge in [-0.2, -0.15) is 14.9 Å². The number of hydrogen-bond acceptors (Lipinski definition) is 7. The van der Waals surface area contributed by atoms with E-state index in [2.05, 4.69) is 15.3 Å². The summed E-state index contributed by atoms with van der Waals surface area (Å²) in [6, 6.07) is 8.20. The number of carbonyl (C=O) groups excluding carboxylic acids is 1. The summed E-state index contributed by atoms with van der Waals surface area (Å²) in [5.41, 5.74) is 0.741. The Kier molecular flexibility index (Phi) is 5.28. The average Bonchev–Trinajstić information content (AvgIpc) is 3.30. The average molecular weight is 372 g/mol. The molecule has 0 saturated carbocycles. The highest BCUT2D eigenvalue weighted by atomic mass is 32.1. The third-order valence-corrected chi connectivity index (χ3v) is 3.73. The predicted molar refractivity (Wildman–Crippen MR) is 96.4 cm³/mol. The van der Waals surface area contributed by atoms with Gasteiger partial charge in [0.15, 0.2) is 17.3 Å². The van der Waals surface area contributed by atoms with E-state index >= 15 is 0 Å². The number of nitrogens with one attached hydrogen (secondary N) is 1. The molecule has 9 heteroatoms. The lowest BCUT2D eigenvalue weighted by Crippen LogP contribution is -2.08. The number of ether oxygens (including phenoxy) is 2. The number of H-pyrrole nitrogens is 1. The summed E-state index contributed by atoms with van der Waals surface area (Å²) in [7, 11) is 1.49. The number of aryl methyl sites for hydroxylation is 1. The molecule has 0 amide bonds. The number of rotatable bonds is 6. The number of methoxy groups -OCH3 is 1. The number of benzene rings is 1. The zero-order valence-electron chi connectivity index (χ0n) is 14.1. The fourth-order valence-electron chi connectivity index (χ4n) is 2.19. The van der Waals surface area contributed by atoms with Crippen LogP contribution in [0.4, 0.5) is 0 Å². The molecule has 0 aliphatic carbocycles. The Morgan fingerprint density at radius 2 is 2.27 bits per heavy atom. The number of aromatic amines is 1. The number of aromatic nitrogens is 3. The van der Waals surface area contributed by atoms with Crippen molar-refractivity contribution in [2.24, 2.45) is 5.10 Å². The van der Waals surface area contributed by atoms with Gasteiger partial charge >= 0.3 is 5.97 Å². The van der Waals surface area contributed by atoms with Crippen molar-refractivity contribution >= 4 is 24.4 Å². The number of furan rings is 1. The second kappa shape index (κ2) is 7.79. The molecule has 2 aromatic heterocycles. The van der Waals surface area contributed by atoms with Crippen LogP contribution in [0, 0.1) is 4.77 Å². The molecule has 3 aromatic rings. The maximum Gasteiger partial charge on any atom is 0.379 e. The van der Waals surface area contributed by atoms with Crippen LogP contribution in [0.3, 0.4) is 0 Å². The van der Waals surface area contributed by atoms with Crippen LogP contribution >= 0.6 is 12.2 Å². The first kappa shape index (κ1) is 17.6. The van der Waals surface area contributed by atoms with Crippen LogP contribution in [0.1, 0.15) is 28.9 Å². The van der Waals surface area contributed by atoms with Gasteiger partial charge in [0.05, 0.1) is 19.6 Å². The topological polar surface area (TPSA) is 94.6 Å². The van der Waals surface area contributed by atoms with E-state index in [-0.39, 0.29) is 11.5 Å². The Labute approximate surface area is 154 Å². The van der Waals surface area contributed by atoms with Gasteiger partial charge in [0.25, 0.3) is 0 Å². The Hall–Kier alpha value is -3.20. The second-order valence-corrected chi connectivity index (χ2v) is 5.52. The monoisotopic (exact) mass is 372 g/mol. The van der Waals surface area contributed by atoms with E-state index in [0.717, 1.165) is 11.4 Å². The van der Waals surface area contributed by atoms with E-state index in [9.17, 15) is 4.79 Å². The van der Waals surface area contributed by atoms with Gasteiger partial charge in [0.1, 0.15) is 0 Å². The maximum absolute atomic E-state index is 12.0. The molecule has 0 fully saturated rings. The minimum atomic E-state index is -0.605. The maximum atomic E-state index is 12.0. The summed E-state index contributed by atoms with van der Waals surface area (Å²) in [5.74, 6) is 0.897. The lowest BCUT2D eigenvalue weighted by Gasteiger charge is -2.09. The highest BCUT2D eigenvalue weighted by Crippen LogP contribution is 2.28. The first-order valence-corrected chi connectivity index (χ1v) is 8.17. The molecule has 0 bridgehead atoms. The predicted octanol–water partition coefficient (Wildman–Crippen LogP) is 3.21. The van der Waals surface area contributed by atoms with Gasteiger partial charge in [-0.05, 0) is 48.1 Å². The lowest BCUT2D eigenvalue weighted by atomic mass is 10.2. The molecule has 1 N–H and O–H groups in total. The van der Waals surface area contributed by atoms with Crippen molar-refractivity contribution < 1.29 is 18.7 Å². The van der Waals surface area contributed by atoms with Crippen molar-refractivity contribution in [1.82, 2.24) is 14.9 Å². The summed E-state index contributed by atoms with van der Waals surface area (Å²) in [4.78, 5) is 12.0. The van der Waals surface area contributed by atoms with E-state index in [1.54, 1.807) is 35.2 Å². The van der Waals surface area contributed by atoms with Crippen LogP contribution in [0.15, 0.2) is 46.1 Å². The summed E-state index contributed by atoms with van der Waals surface area (Å²) in [6.45, 7) is 1.96. The molecule has 134 valence electrons. The van der Waals surface area contributed by atoms with Crippen molar-refractivity contribution in [1.29, 1.82) is 0 Å². The molecular formula is C17H16N4O4S. The summed E-state index contributed by atoms with van der Waals surface area (Å²) >= 11 is 5.15. The smallest absolute Gasteiger partial charge is 0.379 e. The van der Waals surface area contributed by atoms with E-state index in [4.69, 9.17) is 26.1 Å². The van der Waals surface area contributed by atoms with E-state index < -0.39 is 5.97 Å². The van der Waals surface area contributed by atoms with E-state index in [0.29, 0.717) is 16.9 Å². The zero-order chi connectivity index (χ0) is 18.5. The van der Waals surface area contributed by atoms with Crippen LogP contribution in [0.25, 0.3) is 0 Å². The SMILES string of the molecule is CCc1n[nH]c(=S)n1/N=C\c1ccc(OC(=O)c2ccco2)c(OC)c1. The quantitative estimate of drug-likeness (QED) is 0.309. The van der Waals surface area contributed by atoms with Gasteiger partial charge in [-0.25, -0.2) is 4.79 Å². The number of hydrogen-bond donors (Lipinski definition) is 1. The normalized spacial score (nSPS) is 11.0. The van der Waals surface area contributed by atoms with Gasteiger partial charge in [-0.3, -0.25) is 5.10 Å². The molecule has 2 heterocycles. The van der Waals surface area contributed by atoms with Crippen LogP contribution in [-0.2, 0) is 6.42 Å². The third kappa shape index (κ3) is 3.72. The minimum Gasteiger partial charge on any atom is -0.493 e. The molecule has 0 atom stereocenters. The van der Waals surface area contributed by atoms with Crippen molar-refractivity contribution in [3.8, 4) is 11.5 Å². The Bertz CT molecular complexity index is 989. The first-order valence-electron chi connectivity index (χ1n) is 7.76. The minimum absolute atomic E-state index is 0.110. The van der Waals surface area contributed by atoms with Crippen LogP contribution < -0.4 is 9.47 Å². The van der Waals surface area contributed by atoms with Crippen LogP contribution in [0.5, 0.6) is 11.5 Å². The Balaban J connectivity index is 1.82. The van der Waals surface area contributed by atoms with Crippen molar-refractivity contribution in [3.05, 3.63) is 58.5 Å². The summed E-state index contributed by atoms with van der Waals surface area (Å²) in [6.07, 6.45) is 3.71. The molecule has 0 aliphatic rings. The third-order valence-electron chi connectivity index (χ3n) is 3.47. The Morgan fingerprint density at radius 3 is 2.96 bits per heavy atom. The molecule has 0 aliphatic heterocycles. The number of carbonyl (C=O) groups is 1. The Morgan fingerprint density at radius 1 is 1.42 bits per heavy atom. The van der Waals surface area contributed by atoms with E-state index in [1.165, 1.54) is 19.4 Å². The standard InChI is InChI=1S/C17H16N4O4S/c1-3-15-19-20-17(26)21(15)18-10-11-6-7-12(14(9-11)23-2)25-16(22)13-5-4-8-24-13/h4-10H,3H2,1-2H3,(H,20,26)/b18-10-. The molecule has 0 radical (unpaired) electrons. The molecule has 8 nitrogen and oxygen atoms in total. The molecule has 0 unspecified atom stereocenters. The molecule has 1 aromatic carbocycles. The summed E-state index contributed by atoms with van der Waals surface area (Å²) < 4.78 is 17.6. The summed E-state index contributed by atoms with van der Waals surface area (Å²) in [5, 5.41) is 11.1. The van der Waals surface area contributed by atoms with Crippen molar-refractivity contribution in [2.75, 3.05) is 7.11 Å². The highest BCUT2D eigenvalue weighted by molar-refractivity contribution is 7.71. The second-order valence-electron chi connectivity index (χ2n) is 5.13. The van der Waals surface area contributed by atoms with Crippen molar-refractivity contribution in [3.63, 3.8) is 0 Å².